The monoisotopic (exact) mass is 552 g/mol. The van der Waals surface area contributed by atoms with Crippen LogP contribution in [0.15, 0.2) is 39.9 Å². The molecule has 0 bridgehead atoms. The SMILES string of the molecule is CC(C)NC(=O)Nc1ccc2c(c1)CC(=O)N([C@H](C)CO)C[C@H](C)[C@@H](CN(C)S(=O)(=O)c1cccs1)O2. The summed E-state index contributed by atoms with van der Waals surface area (Å²) >= 11 is 1.15. The van der Waals surface area contributed by atoms with Crippen LogP contribution in [0.5, 0.6) is 5.75 Å². The van der Waals surface area contributed by atoms with Crippen molar-refractivity contribution >= 4 is 39.0 Å². The molecule has 1 aliphatic rings. The maximum absolute atomic E-state index is 13.3. The standard InChI is InChI=1S/C25H36N4O6S2/c1-16(2)26-25(32)27-20-8-9-21-19(11-20)12-23(31)29(18(4)15-30)13-17(3)22(35-21)14-28(5)37(33,34)24-7-6-10-36-24/h6-11,16-18,22,30H,12-15H2,1-5H3,(H2,26,27,32)/t17-,18+,22+/m0/s1. The fraction of sp³-hybridized carbons (Fsp3) is 0.520. The fourth-order valence-electron chi connectivity index (χ4n) is 4.07. The van der Waals surface area contributed by atoms with Gasteiger partial charge in [0.25, 0.3) is 10.0 Å². The highest BCUT2D eigenvalue weighted by Gasteiger charge is 2.33. The molecule has 3 amide bonds. The number of hydrogen-bond donors (Lipinski definition) is 3. The summed E-state index contributed by atoms with van der Waals surface area (Å²) < 4.78 is 34.0. The number of aliphatic hydroxyl groups excluding tert-OH is 1. The summed E-state index contributed by atoms with van der Waals surface area (Å²) in [7, 11) is -2.19. The molecular formula is C25H36N4O6S2. The number of ether oxygens (including phenoxy) is 1. The first-order chi connectivity index (χ1) is 17.4. The van der Waals surface area contributed by atoms with Crippen molar-refractivity contribution in [2.45, 2.75) is 56.5 Å². The first-order valence-electron chi connectivity index (χ1n) is 12.2. The van der Waals surface area contributed by atoms with Crippen LogP contribution in [0.25, 0.3) is 0 Å². The number of benzene rings is 1. The van der Waals surface area contributed by atoms with E-state index in [1.54, 1.807) is 47.5 Å². The highest BCUT2D eigenvalue weighted by atomic mass is 32.2. The molecular weight excluding hydrogens is 516 g/mol. The predicted molar refractivity (Wildman–Crippen MR) is 143 cm³/mol. The molecule has 3 rings (SSSR count). The number of amides is 3. The van der Waals surface area contributed by atoms with Crippen molar-refractivity contribution in [3.63, 3.8) is 0 Å². The third-order valence-corrected chi connectivity index (χ3v) is 9.39. The number of carbonyl (C=O) groups is 2. The Morgan fingerprint density at radius 1 is 1.30 bits per heavy atom. The zero-order valence-corrected chi connectivity index (χ0v) is 23.4. The van der Waals surface area contributed by atoms with E-state index in [0.29, 0.717) is 17.0 Å². The van der Waals surface area contributed by atoms with Crippen LogP contribution in [0, 0.1) is 5.92 Å². The molecule has 10 nitrogen and oxygen atoms in total. The smallest absolute Gasteiger partial charge is 0.319 e. The maximum Gasteiger partial charge on any atom is 0.319 e. The van der Waals surface area contributed by atoms with Gasteiger partial charge in [0.15, 0.2) is 0 Å². The number of fused-ring (bicyclic) bond motifs is 1. The van der Waals surface area contributed by atoms with E-state index in [1.165, 1.54) is 11.4 Å². The zero-order valence-electron chi connectivity index (χ0n) is 21.8. The Balaban J connectivity index is 1.95. The number of nitrogens with one attached hydrogen (secondary N) is 2. The minimum absolute atomic E-state index is 0.00374. The van der Waals surface area contributed by atoms with Crippen LogP contribution in [0.2, 0.25) is 0 Å². The molecule has 1 aromatic carbocycles. The molecule has 12 heteroatoms. The summed E-state index contributed by atoms with van der Waals surface area (Å²) in [5, 5.41) is 17.0. The van der Waals surface area contributed by atoms with E-state index < -0.39 is 22.2 Å². The van der Waals surface area contributed by atoms with Crippen LogP contribution in [-0.4, -0.2) is 79.6 Å². The van der Waals surface area contributed by atoms with Crippen molar-refractivity contribution in [1.82, 2.24) is 14.5 Å². The van der Waals surface area contributed by atoms with Gasteiger partial charge in [-0.1, -0.05) is 13.0 Å². The molecule has 2 heterocycles. The first-order valence-corrected chi connectivity index (χ1v) is 14.5. The second-order valence-electron chi connectivity index (χ2n) is 9.68. The number of carbonyl (C=O) groups excluding carboxylic acids is 2. The van der Waals surface area contributed by atoms with Crippen molar-refractivity contribution < 1.29 is 27.9 Å². The first kappa shape index (κ1) is 28.9. The number of thiophene rings is 1. The second kappa shape index (κ2) is 12.2. The average Bonchev–Trinajstić information content (AvgIpc) is 3.38. The molecule has 1 aliphatic heterocycles. The number of rotatable bonds is 8. The van der Waals surface area contributed by atoms with Gasteiger partial charge in [-0.25, -0.2) is 13.2 Å². The highest BCUT2D eigenvalue weighted by molar-refractivity contribution is 7.91. The number of sulfonamides is 1. The minimum atomic E-state index is -3.70. The van der Waals surface area contributed by atoms with Gasteiger partial charge in [-0.3, -0.25) is 4.79 Å². The van der Waals surface area contributed by atoms with E-state index in [-0.39, 0.29) is 54.2 Å². The molecule has 0 fully saturated rings. The van der Waals surface area contributed by atoms with Crippen LogP contribution in [0.3, 0.4) is 0 Å². The van der Waals surface area contributed by atoms with Gasteiger partial charge in [-0.2, -0.15) is 4.31 Å². The number of nitrogens with zero attached hydrogens (tertiary/aromatic N) is 2. The lowest BCUT2D eigenvalue weighted by molar-refractivity contribution is -0.134. The quantitative estimate of drug-likeness (QED) is 0.462. The van der Waals surface area contributed by atoms with Crippen LogP contribution >= 0.6 is 11.3 Å². The Labute approximate surface area is 222 Å². The normalized spacial score (nSPS) is 19.5. The van der Waals surface area contributed by atoms with E-state index in [9.17, 15) is 23.1 Å². The molecule has 2 aromatic rings. The zero-order chi connectivity index (χ0) is 27.3. The van der Waals surface area contributed by atoms with E-state index in [2.05, 4.69) is 10.6 Å². The number of urea groups is 1. The van der Waals surface area contributed by atoms with Gasteiger partial charge in [0.2, 0.25) is 5.91 Å². The lowest BCUT2D eigenvalue weighted by Gasteiger charge is -2.33. The van der Waals surface area contributed by atoms with Gasteiger partial charge in [-0.05, 0) is 50.4 Å². The van der Waals surface area contributed by atoms with Crippen LogP contribution < -0.4 is 15.4 Å². The molecule has 1 aromatic heterocycles. The molecule has 0 aliphatic carbocycles. The molecule has 0 radical (unpaired) electrons. The molecule has 0 unspecified atom stereocenters. The Morgan fingerprint density at radius 3 is 2.65 bits per heavy atom. The lowest BCUT2D eigenvalue weighted by Crippen LogP contribution is -2.48. The Morgan fingerprint density at radius 2 is 2.03 bits per heavy atom. The summed E-state index contributed by atoms with van der Waals surface area (Å²) in [5.41, 5.74) is 1.06. The van der Waals surface area contributed by atoms with Crippen molar-refractivity contribution in [1.29, 1.82) is 0 Å². The molecule has 0 spiro atoms. The van der Waals surface area contributed by atoms with Crippen molar-refractivity contribution in [2.24, 2.45) is 5.92 Å². The third-order valence-electron chi connectivity index (χ3n) is 6.19. The highest BCUT2D eigenvalue weighted by Crippen LogP contribution is 2.30. The summed E-state index contributed by atoms with van der Waals surface area (Å²) in [5.74, 6) is 0.00203. The van der Waals surface area contributed by atoms with E-state index in [0.717, 1.165) is 11.3 Å². The topological polar surface area (TPSA) is 128 Å². The number of hydrogen-bond acceptors (Lipinski definition) is 7. The average molecular weight is 553 g/mol. The van der Waals surface area contributed by atoms with Crippen LogP contribution in [-0.2, 0) is 21.2 Å². The largest absolute Gasteiger partial charge is 0.488 e. The Kier molecular flexibility index (Phi) is 9.57. The Bertz CT molecular complexity index is 1190. The third kappa shape index (κ3) is 7.22. The number of likely N-dealkylation sites (N-methyl/N-ethyl adjacent to an activating group) is 1. The minimum Gasteiger partial charge on any atom is -0.488 e. The van der Waals surface area contributed by atoms with Crippen LogP contribution in [0.4, 0.5) is 10.5 Å². The van der Waals surface area contributed by atoms with Gasteiger partial charge in [0.05, 0.1) is 25.6 Å². The summed E-state index contributed by atoms with van der Waals surface area (Å²) in [6.45, 7) is 7.51. The molecule has 3 atom stereocenters. The molecule has 37 heavy (non-hydrogen) atoms. The van der Waals surface area contributed by atoms with E-state index in [4.69, 9.17) is 4.74 Å². The molecule has 0 saturated heterocycles. The molecule has 3 N–H and O–H groups in total. The van der Waals surface area contributed by atoms with Gasteiger partial charge in [0, 0.05) is 36.8 Å². The van der Waals surface area contributed by atoms with Gasteiger partial charge in [0.1, 0.15) is 16.1 Å². The van der Waals surface area contributed by atoms with Crippen molar-refractivity contribution in [3.05, 3.63) is 41.3 Å². The van der Waals surface area contributed by atoms with Gasteiger partial charge < -0.3 is 25.4 Å². The van der Waals surface area contributed by atoms with Crippen molar-refractivity contribution in [3.8, 4) is 5.75 Å². The van der Waals surface area contributed by atoms with Crippen molar-refractivity contribution in [2.75, 3.05) is 32.1 Å². The number of anilines is 1. The van der Waals surface area contributed by atoms with Gasteiger partial charge >= 0.3 is 6.03 Å². The lowest BCUT2D eigenvalue weighted by atomic mass is 10.0. The summed E-state index contributed by atoms with van der Waals surface area (Å²) in [6, 6.07) is 7.47. The fourth-order valence-corrected chi connectivity index (χ4v) is 6.45. The summed E-state index contributed by atoms with van der Waals surface area (Å²) in [6.07, 6.45) is -0.579. The Hall–Kier alpha value is -2.67. The van der Waals surface area contributed by atoms with Gasteiger partial charge in [-0.15, -0.1) is 11.3 Å². The van der Waals surface area contributed by atoms with Crippen LogP contribution in [0.1, 0.15) is 33.3 Å². The summed E-state index contributed by atoms with van der Waals surface area (Å²) in [4.78, 5) is 27.1. The molecule has 0 saturated carbocycles. The predicted octanol–water partition coefficient (Wildman–Crippen LogP) is 2.75. The van der Waals surface area contributed by atoms with E-state index in [1.807, 2.05) is 20.8 Å². The number of aliphatic hydroxyl groups is 1. The maximum atomic E-state index is 13.3. The molecule has 204 valence electrons. The second-order valence-corrected chi connectivity index (χ2v) is 12.9. The van der Waals surface area contributed by atoms with E-state index >= 15 is 0 Å².